The second-order valence-electron chi connectivity index (χ2n) is 5.98. The van der Waals surface area contributed by atoms with Gasteiger partial charge in [-0.15, -0.1) is 0 Å². The third-order valence-electron chi connectivity index (χ3n) is 3.44. The maximum absolute atomic E-state index is 12.0. The zero-order valence-electron chi connectivity index (χ0n) is 12.1. The van der Waals surface area contributed by atoms with E-state index in [1.165, 1.54) is 4.90 Å². The van der Waals surface area contributed by atoms with Crippen molar-refractivity contribution in [2.24, 2.45) is 5.41 Å². The molecule has 4 nitrogen and oxygen atoms in total. The van der Waals surface area contributed by atoms with Crippen LogP contribution >= 0.6 is 0 Å². The smallest absolute Gasteiger partial charge is 0.229 e. The van der Waals surface area contributed by atoms with Gasteiger partial charge in [0.1, 0.15) is 0 Å². The van der Waals surface area contributed by atoms with Crippen LogP contribution in [0.25, 0.3) is 0 Å². The minimum Gasteiger partial charge on any atom is -0.312 e. The second kappa shape index (κ2) is 6.32. The van der Waals surface area contributed by atoms with Crippen LogP contribution in [0.15, 0.2) is 0 Å². The Morgan fingerprint density at radius 2 is 1.78 bits per heavy atom. The van der Waals surface area contributed by atoms with E-state index in [0.717, 1.165) is 19.4 Å². The Bertz CT molecular complexity index is 293. The van der Waals surface area contributed by atoms with Gasteiger partial charge in [0.25, 0.3) is 0 Å². The van der Waals surface area contributed by atoms with Crippen molar-refractivity contribution in [3.63, 3.8) is 0 Å². The van der Waals surface area contributed by atoms with Crippen LogP contribution in [0.4, 0.5) is 0 Å². The molecule has 1 heterocycles. The van der Waals surface area contributed by atoms with E-state index in [-0.39, 0.29) is 23.3 Å². The van der Waals surface area contributed by atoms with Crippen LogP contribution in [0.3, 0.4) is 0 Å². The molecule has 0 aromatic heterocycles. The summed E-state index contributed by atoms with van der Waals surface area (Å²) in [4.78, 5) is 25.5. The largest absolute Gasteiger partial charge is 0.312 e. The van der Waals surface area contributed by atoms with Crippen molar-refractivity contribution in [2.45, 2.75) is 59.4 Å². The first-order valence-corrected chi connectivity index (χ1v) is 6.96. The van der Waals surface area contributed by atoms with Gasteiger partial charge >= 0.3 is 0 Å². The summed E-state index contributed by atoms with van der Waals surface area (Å²) in [5, 5.41) is 3.38. The molecule has 0 aliphatic carbocycles. The average Bonchev–Trinajstić information content (AvgIpc) is 2.26. The van der Waals surface area contributed by atoms with Gasteiger partial charge in [0.2, 0.25) is 11.8 Å². The molecule has 0 aromatic rings. The maximum Gasteiger partial charge on any atom is 0.229 e. The number of hydrogen-bond acceptors (Lipinski definition) is 3. The molecule has 1 saturated heterocycles. The van der Waals surface area contributed by atoms with Crippen molar-refractivity contribution in [3.05, 3.63) is 0 Å². The number of carbonyl (C=O) groups is 2. The van der Waals surface area contributed by atoms with Gasteiger partial charge in [-0.3, -0.25) is 14.5 Å². The van der Waals surface area contributed by atoms with Crippen molar-refractivity contribution in [2.75, 3.05) is 13.1 Å². The molecule has 0 aromatic carbocycles. The minimum absolute atomic E-state index is 0.0204. The number of nitrogens with zero attached hydrogens (tertiary/aromatic N) is 1. The first-order chi connectivity index (χ1) is 8.39. The molecule has 1 rings (SSSR count). The fourth-order valence-electron chi connectivity index (χ4n) is 2.32. The molecule has 0 saturated carbocycles. The van der Waals surface area contributed by atoms with E-state index in [2.05, 4.69) is 19.2 Å². The Labute approximate surface area is 110 Å². The maximum atomic E-state index is 12.0. The normalized spacial score (nSPS) is 21.2. The number of carbonyl (C=O) groups excluding carboxylic acids is 2. The molecule has 0 bridgehead atoms. The SMILES string of the molecule is CCCNC(CC)CN1C(=O)CC(C)(C)CC1=O. The van der Waals surface area contributed by atoms with E-state index in [1.54, 1.807) is 0 Å². The Morgan fingerprint density at radius 3 is 2.22 bits per heavy atom. The third kappa shape index (κ3) is 4.09. The summed E-state index contributed by atoms with van der Waals surface area (Å²) in [7, 11) is 0. The quantitative estimate of drug-likeness (QED) is 0.737. The molecular weight excluding hydrogens is 228 g/mol. The van der Waals surface area contributed by atoms with E-state index in [0.29, 0.717) is 19.4 Å². The van der Waals surface area contributed by atoms with Crippen molar-refractivity contribution in [3.8, 4) is 0 Å². The van der Waals surface area contributed by atoms with Crippen LogP contribution in [-0.4, -0.2) is 35.8 Å². The number of rotatable bonds is 6. The number of nitrogens with one attached hydrogen (secondary N) is 1. The van der Waals surface area contributed by atoms with Crippen LogP contribution in [0.1, 0.15) is 53.4 Å². The number of hydrogen-bond donors (Lipinski definition) is 1. The van der Waals surface area contributed by atoms with Crippen molar-refractivity contribution in [1.29, 1.82) is 0 Å². The van der Waals surface area contributed by atoms with E-state index in [4.69, 9.17) is 0 Å². The summed E-state index contributed by atoms with van der Waals surface area (Å²) in [5.74, 6) is -0.0407. The fourth-order valence-corrected chi connectivity index (χ4v) is 2.32. The molecule has 18 heavy (non-hydrogen) atoms. The molecule has 1 N–H and O–H groups in total. The lowest BCUT2D eigenvalue weighted by atomic mass is 9.81. The van der Waals surface area contributed by atoms with Crippen molar-refractivity contribution in [1.82, 2.24) is 10.2 Å². The minimum atomic E-state index is -0.177. The van der Waals surface area contributed by atoms with E-state index >= 15 is 0 Å². The number of amides is 2. The topological polar surface area (TPSA) is 49.4 Å². The summed E-state index contributed by atoms with van der Waals surface area (Å²) in [6, 6.07) is 0.221. The molecule has 0 radical (unpaired) electrons. The highest BCUT2D eigenvalue weighted by atomic mass is 16.2. The van der Waals surface area contributed by atoms with Gasteiger partial charge in [0.15, 0.2) is 0 Å². The molecule has 1 aliphatic heterocycles. The van der Waals surface area contributed by atoms with Gasteiger partial charge in [-0.05, 0) is 24.8 Å². The van der Waals surface area contributed by atoms with Crippen molar-refractivity contribution < 1.29 is 9.59 Å². The summed E-state index contributed by atoms with van der Waals surface area (Å²) in [5.41, 5.74) is -0.177. The molecule has 1 fully saturated rings. The van der Waals surface area contributed by atoms with E-state index in [1.807, 2.05) is 13.8 Å². The first-order valence-electron chi connectivity index (χ1n) is 6.96. The predicted molar refractivity (Wildman–Crippen MR) is 72.1 cm³/mol. The number of imide groups is 1. The summed E-state index contributed by atoms with van der Waals surface area (Å²) in [6.07, 6.45) is 2.94. The number of piperidine rings is 1. The molecule has 1 atom stereocenters. The summed E-state index contributed by atoms with van der Waals surface area (Å²) >= 11 is 0. The highest BCUT2D eigenvalue weighted by Gasteiger charge is 2.37. The molecule has 4 heteroatoms. The summed E-state index contributed by atoms with van der Waals surface area (Å²) in [6.45, 7) is 9.60. The lowest BCUT2D eigenvalue weighted by Crippen LogP contribution is -2.51. The molecule has 0 spiro atoms. The van der Waals surface area contributed by atoms with Gasteiger partial charge in [0.05, 0.1) is 0 Å². The Hall–Kier alpha value is -0.900. The van der Waals surface area contributed by atoms with Gasteiger partial charge in [0, 0.05) is 25.4 Å². The van der Waals surface area contributed by atoms with Gasteiger partial charge < -0.3 is 5.32 Å². The second-order valence-corrected chi connectivity index (χ2v) is 5.98. The monoisotopic (exact) mass is 254 g/mol. The Morgan fingerprint density at radius 1 is 1.22 bits per heavy atom. The molecule has 2 amide bonds. The van der Waals surface area contributed by atoms with Crippen LogP contribution in [0.5, 0.6) is 0 Å². The Balaban J connectivity index is 2.60. The lowest BCUT2D eigenvalue weighted by molar-refractivity contribution is -0.152. The van der Waals surface area contributed by atoms with Gasteiger partial charge in [-0.1, -0.05) is 27.7 Å². The summed E-state index contributed by atoms with van der Waals surface area (Å²) < 4.78 is 0. The zero-order valence-corrected chi connectivity index (χ0v) is 12.1. The molecular formula is C14H26N2O2. The zero-order chi connectivity index (χ0) is 13.8. The fraction of sp³-hybridized carbons (Fsp3) is 0.857. The van der Waals surface area contributed by atoms with E-state index in [9.17, 15) is 9.59 Å². The first kappa shape index (κ1) is 15.2. The highest BCUT2D eigenvalue weighted by Crippen LogP contribution is 2.31. The number of likely N-dealkylation sites (tertiary alicyclic amines) is 1. The predicted octanol–water partition coefficient (Wildman–Crippen LogP) is 1.94. The van der Waals surface area contributed by atoms with Crippen LogP contribution in [-0.2, 0) is 9.59 Å². The molecule has 1 aliphatic rings. The highest BCUT2D eigenvalue weighted by molar-refractivity contribution is 5.98. The Kier molecular flexibility index (Phi) is 5.32. The van der Waals surface area contributed by atoms with Crippen LogP contribution < -0.4 is 5.32 Å². The third-order valence-corrected chi connectivity index (χ3v) is 3.44. The molecule has 104 valence electrons. The lowest BCUT2D eigenvalue weighted by Gasteiger charge is -2.36. The van der Waals surface area contributed by atoms with Crippen LogP contribution in [0.2, 0.25) is 0 Å². The molecule has 1 unspecified atom stereocenters. The van der Waals surface area contributed by atoms with Gasteiger partial charge in [-0.2, -0.15) is 0 Å². The average molecular weight is 254 g/mol. The van der Waals surface area contributed by atoms with E-state index < -0.39 is 0 Å². The van der Waals surface area contributed by atoms with Gasteiger partial charge in [-0.25, -0.2) is 0 Å². The van der Waals surface area contributed by atoms with Crippen LogP contribution in [0, 0.1) is 5.41 Å². The van der Waals surface area contributed by atoms with Crippen molar-refractivity contribution >= 4 is 11.8 Å². The standard InChI is InChI=1S/C14H26N2O2/c1-5-7-15-11(6-2)10-16-12(17)8-14(3,4)9-13(16)18/h11,15H,5-10H2,1-4H3.